The predicted molar refractivity (Wildman–Crippen MR) is 102 cm³/mol. The molecule has 2 heterocycles. The van der Waals surface area contributed by atoms with Crippen molar-refractivity contribution in [2.45, 2.75) is 65.0 Å². The zero-order chi connectivity index (χ0) is 20.7. The highest BCUT2D eigenvalue weighted by molar-refractivity contribution is 5.70. The van der Waals surface area contributed by atoms with Crippen LogP contribution in [0.25, 0.3) is 11.3 Å². The summed E-state index contributed by atoms with van der Waals surface area (Å²) >= 11 is 0. The van der Waals surface area contributed by atoms with Crippen molar-refractivity contribution in [1.29, 1.82) is 0 Å². The second-order valence-electron chi connectivity index (χ2n) is 8.51. The number of benzene rings is 1. The van der Waals surface area contributed by atoms with E-state index in [1.807, 2.05) is 37.3 Å². The fraction of sp³-hybridized carbons (Fsp3) is 0.524. The fourth-order valence-corrected chi connectivity index (χ4v) is 3.42. The molecule has 7 heteroatoms. The summed E-state index contributed by atoms with van der Waals surface area (Å²) in [5, 5.41) is 3.89. The highest BCUT2D eigenvalue weighted by atomic mass is 19.1. The van der Waals surface area contributed by atoms with Crippen LogP contribution in [0.5, 0.6) is 0 Å². The third-order valence-corrected chi connectivity index (χ3v) is 4.58. The number of aromatic nitrogens is 1. The highest BCUT2D eigenvalue weighted by Crippen LogP contribution is 2.42. The van der Waals surface area contributed by atoms with Crippen LogP contribution in [0, 0.1) is 6.92 Å². The van der Waals surface area contributed by atoms with E-state index in [-0.39, 0.29) is 0 Å². The molecule has 1 aromatic carbocycles. The van der Waals surface area contributed by atoms with Crippen molar-refractivity contribution in [3.8, 4) is 11.3 Å². The first-order chi connectivity index (χ1) is 13.0. The summed E-state index contributed by atoms with van der Waals surface area (Å²) in [4.78, 5) is 14.1. The van der Waals surface area contributed by atoms with Gasteiger partial charge in [0.1, 0.15) is 24.1 Å². The van der Waals surface area contributed by atoms with Gasteiger partial charge in [0.25, 0.3) is 0 Å². The molecule has 2 atom stereocenters. The number of nitrogens with zero attached hydrogens (tertiary/aromatic N) is 2. The van der Waals surface area contributed by atoms with Gasteiger partial charge in [-0.3, -0.25) is 4.90 Å². The van der Waals surface area contributed by atoms with Gasteiger partial charge in [-0.25, -0.2) is 9.18 Å². The van der Waals surface area contributed by atoms with E-state index < -0.39 is 36.2 Å². The number of alkyl halides is 1. The summed E-state index contributed by atoms with van der Waals surface area (Å²) in [6.45, 7) is 9.93. The number of hydrogen-bond acceptors (Lipinski definition) is 5. The highest BCUT2D eigenvalue weighted by Gasteiger charge is 2.51. The average molecular weight is 390 g/mol. The van der Waals surface area contributed by atoms with Crippen LogP contribution < -0.4 is 0 Å². The van der Waals surface area contributed by atoms with Gasteiger partial charge in [0.05, 0.1) is 11.7 Å². The molecule has 0 N–H and O–H groups in total. The van der Waals surface area contributed by atoms with Crippen LogP contribution in [0.3, 0.4) is 0 Å². The number of aryl methyl sites for hydroxylation is 1. The Bertz CT molecular complexity index is 839. The van der Waals surface area contributed by atoms with Gasteiger partial charge in [0.15, 0.2) is 5.76 Å². The SMILES string of the molecule is Cc1cc(-c2ccc([C@H]3OC(C)(C)N(C(=O)OC(C)(C)C)[C@@H]3CF)cc2)on1. The minimum absolute atomic E-state index is 0.587. The van der Waals surface area contributed by atoms with Crippen LogP contribution in [0.1, 0.15) is 52.0 Å². The van der Waals surface area contributed by atoms with E-state index in [1.165, 1.54) is 4.90 Å². The maximum Gasteiger partial charge on any atom is 0.413 e. The summed E-state index contributed by atoms with van der Waals surface area (Å²) in [6, 6.07) is 8.53. The third kappa shape index (κ3) is 4.04. The zero-order valence-corrected chi connectivity index (χ0v) is 17.2. The molecular weight excluding hydrogens is 363 g/mol. The van der Waals surface area contributed by atoms with E-state index in [0.29, 0.717) is 5.76 Å². The standard InChI is InChI=1S/C21H27FN2O4/c1-13-11-17(28-23-13)14-7-9-15(10-8-14)18-16(12-22)24(21(5,6)26-18)19(25)27-20(2,3)4/h7-11,16,18H,12H2,1-6H3/t16-,18-/m1/s1. The summed E-state index contributed by atoms with van der Waals surface area (Å²) in [5.74, 6) is 0.661. The molecule has 3 rings (SSSR count). The molecule has 0 unspecified atom stereocenters. The van der Waals surface area contributed by atoms with Crippen LogP contribution in [0.4, 0.5) is 9.18 Å². The van der Waals surface area contributed by atoms with Gasteiger partial charge in [-0.15, -0.1) is 0 Å². The van der Waals surface area contributed by atoms with Crippen molar-refractivity contribution < 1.29 is 23.2 Å². The minimum atomic E-state index is -0.996. The van der Waals surface area contributed by atoms with Crippen molar-refractivity contribution in [3.05, 3.63) is 41.6 Å². The Labute approximate surface area is 164 Å². The van der Waals surface area contributed by atoms with Crippen LogP contribution in [0.15, 0.2) is 34.9 Å². The molecular formula is C21H27FN2O4. The first-order valence-electron chi connectivity index (χ1n) is 9.31. The van der Waals surface area contributed by atoms with E-state index in [1.54, 1.807) is 34.6 Å². The normalized spacial score (nSPS) is 21.8. The Morgan fingerprint density at radius 1 is 1.29 bits per heavy atom. The molecule has 1 saturated heterocycles. The van der Waals surface area contributed by atoms with Crippen LogP contribution in [-0.4, -0.2) is 40.2 Å². The van der Waals surface area contributed by atoms with Gasteiger partial charge in [0, 0.05) is 11.6 Å². The molecule has 1 aromatic heterocycles. The average Bonchev–Trinajstić information content (AvgIpc) is 3.13. The zero-order valence-electron chi connectivity index (χ0n) is 17.2. The molecule has 28 heavy (non-hydrogen) atoms. The van der Waals surface area contributed by atoms with Crippen molar-refractivity contribution >= 4 is 6.09 Å². The first kappa shape index (κ1) is 20.3. The molecule has 6 nitrogen and oxygen atoms in total. The molecule has 1 amide bonds. The van der Waals surface area contributed by atoms with Crippen molar-refractivity contribution in [2.24, 2.45) is 0 Å². The maximum atomic E-state index is 14.0. The van der Waals surface area contributed by atoms with E-state index in [2.05, 4.69) is 5.16 Å². The van der Waals surface area contributed by atoms with E-state index in [4.69, 9.17) is 14.0 Å². The molecule has 0 spiro atoms. The quantitative estimate of drug-likeness (QED) is 0.735. The van der Waals surface area contributed by atoms with Gasteiger partial charge >= 0.3 is 6.09 Å². The molecule has 0 saturated carbocycles. The molecule has 1 fully saturated rings. The Balaban J connectivity index is 1.86. The minimum Gasteiger partial charge on any atom is -0.444 e. The van der Waals surface area contributed by atoms with Gasteiger partial charge < -0.3 is 14.0 Å². The second-order valence-corrected chi connectivity index (χ2v) is 8.51. The first-order valence-corrected chi connectivity index (χ1v) is 9.31. The Hall–Kier alpha value is -2.41. The van der Waals surface area contributed by atoms with Gasteiger partial charge in [-0.05, 0) is 47.1 Å². The van der Waals surface area contributed by atoms with E-state index >= 15 is 0 Å². The molecule has 1 aliphatic heterocycles. The van der Waals surface area contributed by atoms with Gasteiger partial charge in [0.2, 0.25) is 0 Å². The molecule has 1 aliphatic rings. The predicted octanol–water partition coefficient (Wildman–Crippen LogP) is 5.03. The van der Waals surface area contributed by atoms with Gasteiger partial charge in [-0.2, -0.15) is 0 Å². The summed E-state index contributed by atoms with van der Waals surface area (Å²) < 4.78 is 30.8. The van der Waals surface area contributed by atoms with Crippen molar-refractivity contribution in [1.82, 2.24) is 10.1 Å². The number of amides is 1. The number of carbonyl (C=O) groups excluding carboxylic acids is 1. The van der Waals surface area contributed by atoms with E-state index in [9.17, 15) is 9.18 Å². The lowest BCUT2D eigenvalue weighted by Crippen LogP contribution is -2.50. The Morgan fingerprint density at radius 2 is 1.93 bits per heavy atom. The molecule has 0 radical (unpaired) electrons. The smallest absolute Gasteiger partial charge is 0.413 e. The number of halogens is 1. The van der Waals surface area contributed by atoms with Crippen LogP contribution in [0.2, 0.25) is 0 Å². The lowest BCUT2D eigenvalue weighted by molar-refractivity contribution is -0.0797. The summed E-state index contributed by atoms with van der Waals surface area (Å²) in [6.07, 6.45) is -1.19. The maximum absolute atomic E-state index is 14.0. The lowest BCUT2D eigenvalue weighted by atomic mass is 10.0. The van der Waals surface area contributed by atoms with Crippen molar-refractivity contribution in [2.75, 3.05) is 6.67 Å². The lowest BCUT2D eigenvalue weighted by Gasteiger charge is -2.34. The number of ether oxygens (including phenoxy) is 2. The second kappa shape index (κ2) is 7.20. The van der Waals surface area contributed by atoms with E-state index in [0.717, 1.165) is 16.8 Å². The Morgan fingerprint density at radius 3 is 2.43 bits per heavy atom. The molecule has 152 valence electrons. The third-order valence-electron chi connectivity index (χ3n) is 4.58. The summed E-state index contributed by atoms with van der Waals surface area (Å²) in [5.41, 5.74) is 0.766. The number of rotatable bonds is 3. The molecule has 2 aromatic rings. The topological polar surface area (TPSA) is 64.8 Å². The Kier molecular flexibility index (Phi) is 5.23. The largest absolute Gasteiger partial charge is 0.444 e. The molecule has 0 aliphatic carbocycles. The number of carbonyl (C=O) groups is 1. The fourth-order valence-electron chi connectivity index (χ4n) is 3.42. The van der Waals surface area contributed by atoms with Crippen LogP contribution in [-0.2, 0) is 9.47 Å². The van der Waals surface area contributed by atoms with Crippen LogP contribution >= 0.6 is 0 Å². The molecule has 0 bridgehead atoms. The number of hydrogen-bond donors (Lipinski definition) is 0. The van der Waals surface area contributed by atoms with Gasteiger partial charge in [-0.1, -0.05) is 29.4 Å². The van der Waals surface area contributed by atoms with Crippen molar-refractivity contribution in [3.63, 3.8) is 0 Å². The monoisotopic (exact) mass is 390 g/mol. The summed E-state index contributed by atoms with van der Waals surface area (Å²) in [7, 11) is 0.